The fourth-order valence-corrected chi connectivity index (χ4v) is 3.72. The van der Waals surface area contributed by atoms with Gasteiger partial charge in [0.2, 0.25) is 5.91 Å². The molecule has 1 amide bonds. The summed E-state index contributed by atoms with van der Waals surface area (Å²) in [6.07, 6.45) is 7.09. The van der Waals surface area contributed by atoms with Crippen molar-refractivity contribution in [2.24, 2.45) is 5.92 Å². The monoisotopic (exact) mass is 345 g/mol. The van der Waals surface area contributed by atoms with Crippen LogP contribution in [0.15, 0.2) is 36.4 Å². The largest absolute Gasteiger partial charge is 0.344 e. The number of nitrogens with zero attached hydrogens (tertiary/aromatic N) is 2. The molecule has 1 saturated heterocycles. The number of benzene rings is 1. The molecule has 1 atom stereocenters. The van der Waals surface area contributed by atoms with Crippen molar-refractivity contribution in [3.63, 3.8) is 0 Å². The van der Waals surface area contributed by atoms with Crippen molar-refractivity contribution in [1.82, 2.24) is 15.1 Å². The van der Waals surface area contributed by atoms with Gasteiger partial charge in [-0.05, 0) is 56.0 Å². The fourth-order valence-electron chi connectivity index (χ4n) is 3.72. The Kier molecular flexibility index (Phi) is 6.21. The van der Waals surface area contributed by atoms with Crippen molar-refractivity contribution in [3.8, 4) is 0 Å². The van der Waals surface area contributed by atoms with E-state index < -0.39 is 0 Å². The average molecular weight is 345 g/mol. The van der Waals surface area contributed by atoms with E-state index >= 15 is 0 Å². The maximum atomic E-state index is 13.2. The van der Waals surface area contributed by atoms with Gasteiger partial charge < -0.3 is 9.80 Å². The Hall–Kier alpha value is -1.72. The second kappa shape index (κ2) is 8.59. The van der Waals surface area contributed by atoms with E-state index in [1.165, 1.54) is 6.07 Å². The molecule has 3 rings (SSSR count). The van der Waals surface area contributed by atoms with Crippen molar-refractivity contribution in [2.45, 2.75) is 25.3 Å². The Morgan fingerprint density at radius 3 is 2.84 bits per heavy atom. The number of halogens is 1. The third-order valence-electron chi connectivity index (χ3n) is 5.27. The van der Waals surface area contributed by atoms with Crippen LogP contribution in [0.25, 0.3) is 0 Å². The number of likely N-dealkylation sites (tertiary alicyclic amines) is 1. The molecule has 5 heteroatoms. The molecule has 0 saturated carbocycles. The topological polar surface area (TPSA) is 35.6 Å². The lowest BCUT2D eigenvalue weighted by molar-refractivity contribution is -0.131. The van der Waals surface area contributed by atoms with E-state index in [9.17, 15) is 9.18 Å². The van der Waals surface area contributed by atoms with Crippen molar-refractivity contribution >= 4 is 5.91 Å². The van der Waals surface area contributed by atoms with Crippen molar-refractivity contribution in [2.75, 3.05) is 39.8 Å². The molecule has 1 aromatic carbocycles. The van der Waals surface area contributed by atoms with Gasteiger partial charge in [0.25, 0.3) is 0 Å². The molecule has 0 spiro atoms. The lowest BCUT2D eigenvalue weighted by atomic mass is 9.95. The highest BCUT2D eigenvalue weighted by atomic mass is 19.1. The number of rotatable bonds is 6. The third kappa shape index (κ3) is 5.13. The first-order valence-electron chi connectivity index (χ1n) is 9.23. The lowest BCUT2D eigenvalue weighted by Gasteiger charge is -2.34. The van der Waals surface area contributed by atoms with Crippen LogP contribution in [0, 0.1) is 11.7 Å². The van der Waals surface area contributed by atoms with Gasteiger partial charge in [0, 0.05) is 26.7 Å². The lowest BCUT2D eigenvalue weighted by Crippen LogP contribution is -2.45. The number of likely N-dealkylation sites (N-methyl/N-ethyl adjacent to an activating group) is 1. The molecule has 2 heterocycles. The molecule has 1 N–H and O–H groups in total. The summed E-state index contributed by atoms with van der Waals surface area (Å²) in [6.45, 7) is 4.71. The number of nitrogens with one attached hydrogen (secondary N) is 1. The van der Waals surface area contributed by atoms with Crippen LogP contribution < -0.4 is 5.32 Å². The van der Waals surface area contributed by atoms with Crippen molar-refractivity contribution < 1.29 is 9.18 Å². The van der Waals surface area contributed by atoms with Crippen LogP contribution in [0.1, 0.15) is 18.4 Å². The summed E-state index contributed by atoms with van der Waals surface area (Å²) in [5.41, 5.74) is 1.06. The van der Waals surface area contributed by atoms with Crippen LogP contribution in [0.3, 0.4) is 0 Å². The predicted octanol–water partition coefficient (Wildman–Crippen LogP) is 2.07. The molecule has 1 fully saturated rings. The van der Waals surface area contributed by atoms with Gasteiger partial charge in [0.05, 0.1) is 0 Å². The molecule has 0 aromatic heterocycles. The summed E-state index contributed by atoms with van der Waals surface area (Å²) >= 11 is 0. The van der Waals surface area contributed by atoms with E-state index in [1.807, 2.05) is 30.2 Å². The van der Waals surface area contributed by atoms with E-state index in [1.54, 1.807) is 12.1 Å². The number of piperidine rings is 1. The second-order valence-corrected chi connectivity index (χ2v) is 7.20. The Morgan fingerprint density at radius 1 is 1.36 bits per heavy atom. The normalized spacial score (nSPS) is 21.6. The Bertz CT molecular complexity index is 611. The summed E-state index contributed by atoms with van der Waals surface area (Å²) in [4.78, 5) is 16.7. The van der Waals surface area contributed by atoms with Crippen molar-refractivity contribution in [3.05, 3.63) is 47.8 Å². The van der Waals surface area contributed by atoms with Gasteiger partial charge in [0.1, 0.15) is 11.9 Å². The van der Waals surface area contributed by atoms with E-state index in [2.05, 4.69) is 10.2 Å². The number of amides is 1. The van der Waals surface area contributed by atoms with Gasteiger partial charge in [-0.2, -0.15) is 0 Å². The van der Waals surface area contributed by atoms with Crippen LogP contribution in [0.2, 0.25) is 0 Å². The molecule has 4 nitrogen and oxygen atoms in total. The maximum absolute atomic E-state index is 13.2. The molecule has 0 aliphatic carbocycles. The second-order valence-electron chi connectivity index (χ2n) is 7.20. The molecule has 2 aliphatic heterocycles. The van der Waals surface area contributed by atoms with Crippen LogP contribution >= 0.6 is 0 Å². The third-order valence-corrected chi connectivity index (χ3v) is 5.27. The zero-order chi connectivity index (χ0) is 17.6. The number of carbonyl (C=O) groups is 1. The summed E-state index contributed by atoms with van der Waals surface area (Å²) in [5.74, 6) is 0.586. The zero-order valence-electron chi connectivity index (χ0n) is 15.0. The van der Waals surface area contributed by atoms with Gasteiger partial charge in [-0.1, -0.05) is 24.3 Å². The first-order valence-corrected chi connectivity index (χ1v) is 9.23. The van der Waals surface area contributed by atoms with Crippen LogP contribution in [0.5, 0.6) is 0 Å². The minimum atomic E-state index is -0.157. The van der Waals surface area contributed by atoms with E-state index in [0.29, 0.717) is 5.92 Å². The minimum absolute atomic E-state index is 0.142. The predicted molar refractivity (Wildman–Crippen MR) is 97.8 cm³/mol. The van der Waals surface area contributed by atoms with Gasteiger partial charge in [-0.25, -0.2) is 4.39 Å². The first-order chi connectivity index (χ1) is 12.1. The smallest absolute Gasteiger partial charge is 0.243 e. The number of hydrogen-bond acceptors (Lipinski definition) is 3. The zero-order valence-corrected chi connectivity index (χ0v) is 15.0. The quantitative estimate of drug-likeness (QED) is 0.802. The Morgan fingerprint density at radius 2 is 2.16 bits per heavy atom. The SMILES string of the molecule is CN(CC1CCN(CCc2cccc(F)c2)CC1)C(=O)[C@H]1C=CCN1. The molecule has 25 heavy (non-hydrogen) atoms. The highest BCUT2D eigenvalue weighted by molar-refractivity contribution is 5.84. The molecular formula is C20H28FN3O. The van der Waals surface area contributed by atoms with Crippen LogP contribution in [-0.2, 0) is 11.2 Å². The summed E-state index contributed by atoms with van der Waals surface area (Å²) in [7, 11) is 1.91. The Balaban J connectivity index is 1.38. The molecule has 1 aromatic rings. The molecule has 0 bridgehead atoms. The fraction of sp³-hybridized carbons (Fsp3) is 0.550. The van der Waals surface area contributed by atoms with Gasteiger partial charge in [0.15, 0.2) is 0 Å². The molecule has 0 unspecified atom stereocenters. The van der Waals surface area contributed by atoms with Crippen LogP contribution in [0.4, 0.5) is 4.39 Å². The van der Waals surface area contributed by atoms with Gasteiger partial charge >= 0.3 is 0 Å². The maximum Gasteiger partial charge on any atom is 0.243 e. The molecule has 2 aliphatic rings. The van der Waals surface area contributed by atoms with Gasteiger partial charge in [-0.3, -0.25) is 10.1 Å². The molecular weight excluding hydrogens is 317 g/mol. The first kappa shape index (κ1) is 18.1. The number of hydrogen-bond donors (Lipinski definition) is 1. The Labute approximate surface area is 149 Å². The average Bonchev–Trinajstić information content (AvgIpc) is 3.15. The summed E-state index contributed by atoms with van der Waals surface area (Å²) in [5, 5.41) is 3.18. The number of carbonyl (C=O) groups excluding carboxylic acids is 1. The summed E-state index contributed by atoms with van der Waals surface area (Å²) < 4.78 is 13.2. The van der Waals surface area contributed by atoms with Crippen molar-refractivity contribution in [1.29, 1.82) is 0 Å². The highest BCUT2D eigenvalue weighted by Crippen LogP contribution is 2.19. The molecule has 136 valence electrons. The van der Waals surface area contributed by atoms with Crippen LogP contribution in [-0.4, -0.2) is 61.5 Å². The van der Waals surface area contributed by atoms with E-state index in [4.69, 9.17) is 0 Å². The van der Waals surface area contributed by atoms with E-state index in [-0.39, 0.29) is 17.8 Å². The highest BCUT2D eigenvalue weighted by Gasteiger charge is 2.25. The molecule has 0 radical (unpaired) electrons. The van der Waals surface area contributed by atoms with E-state index in [0.717, 1.165) is 57.5 Å². The van der Waals surface area contributed by atoms with Gasteiger partial charge in [-0.15, -0.1) is 0 Å². The standard InChI is InChI=1S/C20H28FN3O/c1-23(20(25)19-6-3-10-22-19)15-17-8-12-24(13-9-17)11-7-16-4-2-5-18(21)14-16/h2-6,14,17,19,22H,7-13,15H2,1H3/t19-/m1/s1. The minimum Gasteiger partial charge on any atom is -0.344 e. The summed E-state index contributed by atoms with van der Waals surface area (Å²) in [6, 6.07) is 6.74.